The van der Waals surface area contributed by atoms with Crippen LogP contribution in [0.3, 0.4) is 0 Å². The third kappa shape index (κ3) is 3.00. The lowest BCUT2D eigenvalue weighted by Crippen LogP contribution is -2.03. The molecule has 0 aromatic carbocycles. The van der Waals surface area contributed by atoms with Crippen LogP contribution in [0.4, 0.5) is 0 Å². The molecule has 0 spiro atoms. The first-order chi connectivity index (χ1) is 6.77. The molecule has 1 heterocycles. The van der Waals surface area contributed by atoms with Crippen molar-refractivity contribution in [2.45, 2.75) is 26.8 Å². The fourth-order valence-corrected chi connectivity index (χ4v) is 1.34. The topological polar surface area (TPSA) is 29.9 Å². The summed E-state index contributed by atoms with van der Waals surface area (Å²) < 4.78 is 2.01. The molecule has 1 rings (SSSR count). The van der Waals surface area contributed by atoms with Gasteiger partial charge in [-0.15, -0.1) is 0 Å². The van der Waals surface area contributed by atoms with Crippen LogP contribution in [0, 0.1) is 6.92 Å². The summed E-state index contributed by atoms with van der Waals surface area (Å²) in [6, 6.07) is 0. The van der Waals surface area contributed by atoms with Gasteiger partial charge in [0.05, 0.1) is 5.69 Å². The molecule has 3 heteroatoms. The number of rotatable bonds is 5. The van der Waals surface area contributed by atoms with E-state index >= 15 is 0 Å². The Bertz CT molecular complexity index is 299. The fourth-order valence-electron chi connectivity index (χ4n) is 1.34. The highest BCUT2D eigenvalue weighted by Gasteiger charge is 1.99. The predicted octanol–water partition coefficient (Wildman–Crippen LogP) is 1.83. The van der Waals surface area contributed by atoms with Crippen LogP contribution in [-0.4, -0.2) is 23.4 Å². The molecule has 0 atom stereocenters. The molecule has 3 nitrogen and oxygen atoms in total. The standard InChI is InChI=1S/C11H19N3/c1-4-8-14-9-11(10(2)13-14)6-5-7-12-3/h5-6,9,12H,4,7-8H2,1-3H3. The molecule has 0 saturated carbocycles. The number of aromatic nitrogens is 2. The molecule has 1 N–H and O–H groups in total. The smallest absolute Gasteiger partial charge is 0.0665 e. The molecule has 78 valence electrons. The van der Waals surface area contributed by atoms with Crippen molar-refractivity contribution >= 4 is 6.08 Å². The Kier molecular flexibility index (Phi) is 4.40. The maximum atomic E-state index is 4.42. The molecule has 0 aliphatic carbocycles. The number of hydrogen-bond donors (Lipinski definition) is 1. The van der Waals surface area contributed by atoms with E-state index in [4.69, 9.17) is 0 Å². The van der Waals surface area contributed by atoms with E-state index in [0.717, 1.165) is 25.2 Å². The Balaban J connectivity index is 2.67. The monoisotopic (exact) mass is 193 g/mol. The minimum Gasteiger partial charge on any atom is -0.316 e. The molecule has 0 amide bonds. The van der Waals surface area contributed by atoms with Crippen molar-refractivity contribution in [1.82, 2.24) is 15.1 Å². The average Bonchev–Trinajstić information content (AvgIpc) is 2.48. The molecule has 0 saturated heterocycles. The zero-order valence-corrected chi connectivity index (χ0v) is 9.25. The Morgan fingerprint density at radius 2 is 2.36 bits per heavy atom. The van der Waals surface area contributed by atoms with Gasteiger partial charge >= 0.3 is 0 Å². The van der Waals surface area contributed by atoms with Gasteiger partial charge in [0.15, 0.2) is 0 Å². The van der Waals surface area contributed by atoms with E-state index in [1.54, 1.807) is 0 Å². The third-order valence-electron chi connectivity index (χ3n) is 2.06. The second-order valence-corrected chi connectivity index (χ2v) is 3.39. The molecular weight excluding hydrogens is 174 g/mol. The van der Waals surface area contributed by atoms with E-state index < -0.39 is 0 Å². The first kappa shape index (κ1) is 11.0. The van der Waals surface area contributed by atoms with Crippen LogP contribution in [0.2, 0.25) is 0 Å². The second-order valence-electron chi connectivity index (χ2n) is 3.39. The van der Waals surface area contributed by atoms with Gasteiger partial charge in [-0.1, -0.05) is 19.1 Å². The minimum absolute atomic E-state index is 0.901. The van der Waals surface area contributed by atoms with Crippen LogP contribution in [0.5, 0.6) is 0 Å². The van der Waals surface area contributed by atoms with Gasteiger partial charge in [-0.05, 0) is 20.4 Å². The van der Waals surface area contributed by atoms with Gasteiger partial charge in [0.1, 0.15) is 0 Å². The van der Waals surface area contributed by atoms with Crippen molar-refractivity contribution in [3.05, 3.63) is 23.5 Å². The first-order valence-corrected chi connectivity index (χ1v) is 5.13. The molecule has 14 heavy (non-hydrogen) atoms. The largest absolute Gasteiger partial charge is 0.316 e. The summed E-state index contributed by atoms with van der Waals surface area (Å²) >= 11 is 0. The summed E-state index contributed by atoms with van der Waals surface area (Å²) in [7, 11) is 1.94. The lowest BCUT2D eigenvalue weighted by molar-refractivity contribution is 0.598. The maximum Gasteiger partial charge on any atom is 0.0665 e. The highest BCUT2D eigenvalue weighted by molar-refractivity contribution is 5.50. The predicted molar refractivity (Wildman–Crippen MR) is 60.2 cm³/mol. The van der Waals surface area contributed by atoms with Crippen molar-refractivity contribution in [1.29, 1.82) is 0 Å². The number of nitrogens with one attached hydrogen (secondary N) is 1. The van der Waals surface area contributed by atoms with E-state index in [2.05, 4.69) is 35.7 Å². The van der Waals surface area contributed by atoms with Crippen molar-refractivity contribution in [2.75, 3.05) is 13.6 Å². The van der Waals surface area contributed by atoms with Crippen LogP contribution >= 0.6 is 0 Å². The van der Waals surface area contributed by atoms with Gasteiger partial charge in [0.2, 0.25) is 0 Å². The second kappa shape index (κ2) is 5.60. The van der Waals surface area contributed by atoms with Gasteiger partial charge < -0.3 is 5.32 Å². The molecule has 0 fully saturated rings. The molecular formula is C11H19N3. The van der Waals surface area contributed by atoms with Gasteiger partial charge in [-0.3, -0.25) is 4.68 Å². The summed E-state index contributed by atoms with van der Waals surface area (Å²) in [6.07, 6.45) is 7.46. The quantitative estimate of drug-likeness (QED) is 0.773. The summed E-state index contributed by atoms with van der Waals surface area (Å²) in [5.41, 5.74) is 2.32. The van der Waals surface area contributed by atoms with E-state index in [0.29, 0.717) is 0 Å². The summed E-state index contributed by atoms with van der Waals surface area (Å²) in [6.45, 7) is 6.11. The van der Waals surface area contributed by atoms with Crippen LogP contribution in [0.15, 0.2) is 12.3 Å². The van der Waals surface area contributed by atoms with Gasteiger partial charge in [0, 0.05) is 24.8 Å². The summed E-state index contributed by atoms with van der Waals surface area (Å²) in [5, 5.41) is 7.50. The summed E-state index contributed by atoms with van der Waals surface area (Å²) in [5.74, 6) is 0. The maximum absolute atomic E-state index is 4.42. The lowest BCUT2D eigenvalue weighted by atomic mass is 10.2. The van der Waals surface area contributed by atoms with Crippen LogP contribution < -0.4 is 5.32 Å². The number of likely N-dealkylation sites (N-methyl/N-ethyl adjacent to an activating group) is 1. The van der Waals surface area contributed by atoms with Crippen LogP contribution in [0.1, 0.15) is 24.6 Å². The molecule has 0 aliphatic heterocycles. The highest BCUT2D eigenvalue weighted by atomic mass is 15.3. The lowest BCUT2D eigenvalue weighted by Gasteiger charge is -1.94. The molecule has 1 aromatic rings. The molecule has 0 aliphatic rings. The number of hydrogen-bond acceptors (Lipinski definition) is 2. The molecule has 0 bridgehead atoms. The van der Waals surface area contributed by atoms with E-state index in [9.17, 15) is 0 Å². The van der Waals surface area contributed by atoms with E-state index in [1.165, 1.54) is 5.56 Å². The summed E-state index contributed by atoms with van der Waals surface area (Å²) in [4.78, 5) is 0. The first-order valence-electron chi connectivity index (χ1n) is 5.13. The van der Waals surface area contributed by atoms with Crippen molar-refractivity contribution < 1.29 is 0 Å². The molecule has 0 radical (unpaired) electrons. The Morgan fingerprint density at radius 3 is 3.00 bits per heavy atom. The van der Waals surface area contributed by atoms with Crippen LogP contribution in [0.25, 0.3) is 6.08 Å². The molecule has 1 aromatic heterocycles. The number of aryl methyl sites for hydroxylation is 2. The minimum atomic E-state index is 0.901. The van der Waals surface area contributed by atoms with Gasteiger partial charge in [-0.25, -0.2) is 0 Å². The van der Waals surface area contributed by atoms with Crippen molar-refractivity contribution in [3.8, 4) is 0 Å². The van der Waals surface area contributed by atoms with Gasteiger partial charge in [0.25, 0.3) is 0 Å². The van der Waals surface area contributed by atoms with Gasteiger partial charge in [-0.2, -0.15) is 5.10 Å². The Labute approximate surface area is 85.8 Å². The Hall–Kier alpha value is -1.09. The average molecular weight is 193 g/mol. The fraction of sp³-hybridized carbons (Fsp3) is 0.545. The normalized spacial score (nSPS) is 11.4. The van der Waals surface area contributed by atoms with Crippen molar-refractivity contribution in [2.24, 2.45) is 0 Å². The van der Waals surface area contributed by atoms with Crippen LogP contribution in [-0.2, 0) is 6.54 Å². The van der Waals surface area contributed by atoms with E-state index in [-0.39, 0.29) is 0 Å². The third-order valence-corrected chi connectivity index (χ3v) is 2.06. The van der Waals surface area contributed by atoms with Crippen molar-refractivity contribution in [3.63, 3.8) is 0 Å². The highest BCUT2D eigenvalue weighted by Crippen LogP contribution is 2.07. The molecule has 0 unspecified atom stereocenters. The Morgan fingerprint density at radius 1 is 1.57 bits per heavy atom. The SMILES string of the molecule is CCCn1cc(C=CCNC)c(C)n1. The zero-order valence-electron chi connectivity index (χ0n) is 9.25. The number of nitrogens with zero attached hydrogens (tertiary/aromatic N) is 2. The van der Waals surface area contributed by atoms with E-state index in [1.807, 2.05) is 18.7 Å². The zero-order chi connectivity index (χ0) is 10.4.